The maximum Gasteiger partial charge on any atom is 0.242 e. The van der Waals surface area contributed by atoms with Crippen molar-refractivity contribution >= 4 is 17.7 Å². The van der Waals surface area contributed by atoms with Crippen LogP contribution in [-0.2, 0) is 14.4 Å². The molecule has 1 spiro atoms. The average Bonchev–Trinajstić information content (AvgIpc) is 2.37. The number of hydrogen-bond donors (Lipinski definition) is 2. The number of piperidine rings is 1. The Bertz CT molecular complexity index is 451. The number of amides is 3. The van der Waals surface area contributed by atoms with Crippen molar-refractivity contribution in [2.24, 2.45) is 11.1 Å². The van der Waals surface area contributed by atoms with E-state index in [1.165, 1.54) is 11.8 Å². The van der Waals surface area contributed by atoms with Crippen molar-refractivity contribution < 1.29 is 19.5 Å². The van der Waals surface area contributed by atoms with E-state index < -0.39 is 23.5 Å². The van der Waals surface area contributed by atoms with Crippen molar-refractivity contribution in [3.63, 3.8) is 0 Å². The smallest absolute Gasteiger partial charge is 0.242 e. The molecule has 2 saturated heterocycles. The Hall–Kier alpha value is -1.63. The number of nitrogens with zero attached hydrogens (tertiary/aromatic N) is 2. The van der Waals surface area contributed by atoms with Crippen LogP contribution >= 0.6 is 0 Å². The van der Waals surface area contributed by atoms with Crippen LogP contribution in [0.5, 0.6) is 0 Å². The second-order valence-electron chi connectivity index (χ2n) is 5.70. The van der Waals surface area contributed by atoms with E-state index >= 15 is 0 Å². The first-order valence-corrected chi connectivity index (χ1v) is 6.88. The topological polar surface area (TPSA) is 104 Å². The first-order chi connectivity index (χ1) is 9.32. The van der Waals surface area contributed by atoms with E-state index in [1.807, 2.05) is 6.92 Å². The predicted molar refractivity (Wildman–Crippen MR) is 70.3 cm³/mol. The van der Waals surface area contributed by atoms with Gasteiger partial charge < -0.3 is 20.6 Å². The molecule has 0 aromatic rings. The standard InChI is InChI=1S/C13H21N3O4/c1-3-15-5-4-13(6-9(15)18)7-16(12(13)20)10(8(2)17)11(14)19/h8,10,17H,3-7H2,1-2H3,(H2,14,19)/t8-,10+,13?/m1/s1. The number of primary amides is 1. The molecule has 1 unspecified atom stereocenters. The zero-order chi connectivity index (χ0) is 15.1. The summed E-state index contributed by atoms with van der Waals surface area (Å²) in [4.78, 5) is 38.7. The third kappa shape index (κ3) is 2.15. The second-order valence-corrected chi connectivity index (χ2v) is 5.70. The molecule has 20 heavy (non-hydrogen) atoms. The zero-order valence-electron chi connectivity index (χ0n) is 11.8. The van der Waals surface area contributed by atoms with Crippen LogP contribution in [0.3, 0.4) is 0 Å². The summed E-state index contributed by atoms with van der Waals surface area (Å²) < 4.78 is 0. The van der Waals surface area contributed by atoms with Crippen LogP contribution in [0.25, 0.3) is 0 Å². The quantitative estimate of drug-likeness (QED) is 0.625. The minimum atomic E-state index is -1.01. The van der Waals surface area contributed by atoms with Gasteiger partial charge in [-0.15, -0.1) is 0 Å². The van der Waals surface area contributed by atoms with Crippen LogP contribution in [0.4, 0.5) is 0 Å². The van der Waals surface area contributed by atoms with Gasteiger partial charge in [0.2, 0.25) is 17.7 Å². The molecule has 2 aliphatic rings. The van der Waals surface area contributed by atoms with Gasteiger partial charge in [-0.3, -0.25) is 14.4 Å². The van der Waals surface area contributed by atoms with Crippen LogP contribution in [-0.4, -0.2) is 64.4 Å². The number of nitrogens with two attached hydrogens (primary N) is 1. The highest BCUT2D eigenvalue weighted by Gasteiger charge is 2.58. The highest BCUT2D eigenvalue weighted by Crippen LogP contribution is 2.43. The molecule has 0 saturated carbocycles. The van der Waals surface area contributed by atoms with Gasteiger partial charge in [-0.2, -0.15) is 0 Å². The lowest BCUT2D eigenvalue weighted by Gasteiger charge is -2.54. The summed E-state index contributed by atoms with van der Waals surface area (Å²) in [5.41, 5.74) is 4.54. The fourth-order valence-electron chi connectivity index (χ4n) is 3.17. The number of aliphatic hydroxyl groups excluding tert-OH is 1. The zero-order valence-corrected chi connectivity index (χ0v) is 11.8. The van der Waals surface area contributed by atoms with Crippen LogP contribution in [0.1, 0.15) is 26.7 Å². The minimum Gasteiger partial charge on any atom is -0.391 e. The molecule has 0 aromatic heterocycles. The fourth-order valence-corrected chi connectivity index (χ4v) is 3.17. The number of rotatable bonds is 4. The third-order valence-corrected chi connectivity index (χ3v) is 4.36. The summed E-state index contributed by atoms with van der Waals surface area (Å²) >= 11 is 0. The molecule has 0 aromatic carbocycles. The number of hydrogen-bond acceptors (Lipinski definition) is 4. The van der Waals surface area contributed by atoms with Crippen molar-refractivity contribution in [3.8, 4) is 0 Å². The van der Waals surface area contributed by atoms with E-state index in [0.717, 1.165) is 0 Å². The monoisotopic (exact) mass is 283 g/mol. The Morgan fingerprint density at radius 2 is 2.15 bits per heavy atom. The molecule has 7 heteroatoms. The van der Waals surface area contributed by atoms with Gasteiger partial charge in [-0.25, -0.2) is 0 Å². The highest BCUT2D eigenvalue weighted by atomic mass is 16.3. The molecule has 0 aliphatic carbocycles. The van der Waals surface area contributed by atoms with E-state index in [0.29, 0.717) is 26.1 Å². The first kappa shape index (κ1) is 14.8. The first-order valence-electron chi connectivity index (χ1n) is 6.88. The summed E-state index contributed by atoms with van der Waals surface area (Å²) in [5.74, 6) is -0.994. The van der Waals surface area contributed by atoms with E-state index in [1.54, 1.807) is 4.90 Å². The number of carbonyl (C=O) groups is 3. The lowest BCUT2D eigenvalue weighted by atomic mass is 9.70. The SMILES string of the molecule is CCN1CCC2(CC1=O)CN([C@H](C(N)=O)[C@@H](C)O)C2=O. The molecule has 2 heterocycles. The van der Waals surface area contributed by atoms with Gasteiger partial charge in [-0.05, 0) is 20.3 Å². The van der Waals surface area contributed by atoms with Crippen LogP contribution < -0.4 is 5.73 Å². The Kier molecular flexibility index (Phi) is 3.73. The normalized spacial score (nSPS) is 29.4. The van der Waals surface area contributed by atoms with Gasteiger partial charge >= 0.3 is 0 Å². The molecule has 2 aliphatic heterocycles. The maximum absolute atomic E-state index is 12.4. The third-order valence-electron chi connectivity index (χ3n) is 4.36. The Morgan fingerprint density at radius 1 is 1.50 bits per heavy atom. The Labute approximate surface area is 117 Å². The minimum absolute atomic E-state index is 0.0283. The lowest BCUT2D eigenvalue weighted by molar-refractivity contribution is -0.179. The summed E-state index contributed by atoms with van der Waals surface area (Å²) in [6.07, 6.45) is -0.227. The number of likely N-dealkylation sites (tertiary alicyclic amines) is 2. The van der Waals surface area contributed by atoms with Gasteiger partial charge in [0.15, 0.2) is 0 Å². The summed E-state index contributed by atoms with van der Waals surface area (Å²) in [5, 5.41) is 9.58. The van der Waals surface area contributed by atoms with E-state index in [2.05, 4.69) is 0 Å². The van der Waals surface area contributed by atoms with Gasteiger partial charge in [0, 0.05) is 26.1 Å². The molecular formula is C13H21N3O4. The molecule has 3 amide bonds. The van der Waals surface area contributed by atoms with Gasteiger partial charge in [-0.1, -0.05) is 0 Å². The molecule has 3 atom stereocenters. The second kappa shape index (κ2) is 5.05. The summed E-state index contributed by atoms with van der Waals surface area (Å²) in [6.45, 7) is 4.85. The highest BCUT2D eigenvalue weighted by molar-refractivity contribution is 5.97. The molecule has 0 radical (unpaired) electrons. The number of β-lactam (4-membered cyclic amide) rings is 1. The van der Waals surface area contributed by atoms with Crippen LogP contribution in [0.15, 0.2) is 0 Å². The van der Waals surface area contributed by atoms with Crippen molar-refractivity contribution in [1.29, 1.82) is 0 Å². The molecule has 2 rings (SSSR count). The summed E-state index contributed by atoms with van der Waals surface area (Å²) in [7, 11) is 0. The largest absolute Gasteiger partial charge is 0.391 e. The van der Waals surface area contributed by atoms with Crippen molar-refractivity contribution in [1.82, 2.24) is 9.80 Å². The Morgan fingerprint density at radius 3 is 2.55 bits per heavy atom. The van der Waals surface area contributed by atoms with E-state index in [9.17, 15) is 19.5 Å². The maximum atomic E-state index is 12.4. The summed E-state index contributed by atoms with van der Waals surface area (Å²) in [6, 6.07) is -1.01. The lowest BCUT2D eigenvalue weighted by Crippen LogP contribution is -2.71. The van der Waals surface area contributed by atoms with Crippen LogP contribution in [0.2, 0.25) is 0 Å². The molecule has 7 nitrogen and oxygen atoms in total. The molecule has 0 bridgehead atoms. The fraction of sp³-hybridized carbons (Fsp3) is 0.769. The van der Waals surface area contributed by atoms with Crippen molar-refractivity contribution in [2.45, 2.75) is 38.8 Å². The van der Waals surface area contributed by atoms with Gasteiger partial charge in [0.25, 0.3) is 0 Å². The average molecular weight is 283 g/mol. The van der Waals surface area contributed by atoms with E-state index in [4.69, 9.17) is 5.73 Å². The molecule has 2 fully saturated rings. The van der Waals surface area contributed by atoms with Gasteiger partial charge in [0.1, 0.15) is 6.04 Å². The predicted octanol–water partition coefficient (Wildman–Crippen LogP) is -1.31. The van der Waals surface area contributed by atoms with Crippen LogP contribution in [0, 0.1) is 5.41 Å². The molecular weight excluding hydrogens is 262 g/mol. The van der Waals surface area contributed by atoms with E-state index in [-0.39, 0.29) is 18.2 Å². The molecule has 3 N–H and O–H groups in total. The van der Waals surface area contributed by atoms with Gasteiger partial charge in [0.05, 0.1) is 11.5 Å². The number of carbonyl (C=O) groups excluding carboxylic acids is 3. The van der Waals surface area contributed by atoms with Crippen molar-refractivity contribution in [2.75, 3.05) is 19.6 Å². The van der Waals surface area contributed by atoms with Crippen molar-refractivity contribution in [3.05, 3.63) is 0 Å². The Balaban J connectivity index is 2.08. The molecule has 112 valence electrons. The number of aliphatic hydroxyl groups is 1.